The second kappa shape index (κ2) is 5.41. The lowest BCUT2D eigenvalue weighted by molar-refractivity contribution is 0.600. The SMILES string of the molecule is Nc1ccc(NS(=O)(=O)c2ccc3c(c2)CCCC3)cc1. The van der Waals surface area contributed by atoms with Crippen LogP contribution in [-0.2, 0) is 22.9 Å². The van der Waals surface area contributed by atoms with E-state index in [-0.39, 0.29) is 0 Å². The molecule has 4 nitrogen and oxygen atoms in total. The van der Waals surface area contributed by atoms with Gasteiger partial charge in [0.2, 0.25) is 0 Å². The van der Waals surface area contributed by atoms with Crippen molar-refractivity contribution in [2.75, 3.05) is 10.5 Å². The summed E-state index contributed by atoms with van der Waals surface area (Å²) in [5.41, 5.74) is 9.14. The number of nitrogen functional groups attached to an aromatic ring is 1. The van der Waals surface area contributed by atoms with E-state index in [1.54, 1.807) is 36.4 Å². The molecule has 0 aromatic heterocycles. The molecule has 2 aromatic rings. The van der Waals surface area contributed by atoms with Crippen LogP contribution >= 0.6 is 0 Å². The summed E-state index contributed by atoms with van der Waals surface area (Å²) in [6.45, 7) is 0. The number of anilines is 2. The lowest BCUT2D eigenvalue weighted by Crippen LogP contribution is -2.14. The van der Waals surface area contributed by atoms with Crippen LogP contribution in [0.3, 0.4) is 0 Å². The van der Waals surface area contributed by atoms with Gasteiger partial charge in [0.1, 0.15) is 0 Å². The van der Waals surface area contributed by atoms with Crippen molar-refractivity contribution in [3.8, 4) is 0 Å². The van der Waals surface area contributed by atoms with Gasteiger partial charge in [-0.1, -0.05) is 6.07 Å². The molecule has 0 fully saturated rings. The zero-order valence-corrected chi connectivity index (χ0v) is 12.5. The highest BCUT2D eigenvalue weighted by atomic mass is 32.2. The van der Waals surface area contributed by atoms with E-state index in [0.29, 0.717) is 16.3 Å². The number of nitrogens with one attached hydrogen (secondary N) is 1. The molecule has 0 aliphatic heterocycles. The molecule has 0 spiro atoms. The molecule has 0 unspecified atom stereocenters. The van der Waals surface area contributed by atoms with Gasteiger partial charge in [-0.2, -0.15) is 0 Å². The van der Waals surface area contributed by atoms with Gasteiger partial charge in [-0.15, -0.1) is 0 Å². The first-order chi connectivity index (χ1) is 10.0. The maximum absolute atomic E-state index is 12.4. The van der Waals surface area contributed by atoms with Crippen molar-refractivity contribution < 1.29 is 8.42 Å². The number of benzene rings is 2. The van der Waals surface area contributed by atoms with Crippen LogP contribution in [0, 0.1) is 0 Å². The van der Waals surface area contributed by atoms with E-state index in [9.17, 15) is 8.42 Å². The Bertz CT molecular complexity index is 752. The summed E-state index contributed by atoms with van der Waals surface area (Å²) < 4.78 is 27.4. The molecule has 0 radical (unpaired) electrons. The number of rotatable bonds is 3. The zero-order valence-electron chi connectivity index (χ0n) is 11.7. The van der Waals surface area contributed by atoms with Crippen molar-refractivity contribution in [3.05, 3.63) is 53.6 Å². The summed E-state index contributed by atoms with van der Waals surface area (Å²) in [6.07, 6.45) is 4.31. The van der Waals surface area contributed by atoms with Gasteiger partial charge in [0.25, 0.3) is 10.0 Å². The van der Waals surface area contributed by atoms with E-state index in [1.807, 2.05) is 6.07 Å². The molecule has 5 heteroatoms. The van der Waals surface area contributed by atoms with Gasteiger partial charge in [0.15, 0.2) is 0 Å². The fourth-order valence-corrected chi connectivity index (χ4v) is 3.75. The molecular weight excluding hydrogens is 284 g/mol. The molecule has 0 bridgehead atoms. The third-order valence-corrected chi connectivity index (χ3v) is 5.17. The maximum Gasteiger partial charge on any atom is 0.261 e. The van der Waals surface area contributed by atoms with E-state index in [2.05, 4.69) is 4.72 Å². The van der Waals surface area contributed by atoms with Gasteiger partial charge >= 0.3 is 0 Å². The minimum absolute atomic E-state index is 0.319. The average Bonchev–Trinajstić information content (AvgIpc) is 2.49. The Hall–Kier alpha value is -2.01. The van der Waals surface area contributed by atoms with Crippen LogP contribution in [-0.4, -0.2) is 8.42 Å². The molecule has 0 atom stereocenters. The van der Waals surface area contributed by atoms with Crippen LogP contribution in [0.5, 0.6) is 0 Å². The minimum atomic E-state index is -3.55. The van der Waals surface area contributed by atoms with Crippen LogP contribution < -0.4 is 10.5 Å². The van der Waals surface area contributed by atoms with E-state index in [0.717, 1.165) is 24.8 Å². The van der Waals surface area contributed by atoms with Crippen molar-refractivity contribution in [3.63, 3.8) is 0 Å². The van der Waals surface area contributed by atoms with E-state index in [4.69, 9.17) is 5.73 Å². The number of sulfonamides is 1. The van der Waals surface area contributed by atoms with Crippen molar-refractivity contribution in [2.24, 2.45) is 0 Å². The molecule has 2 aromatic carbocycles. The lowest BCUT2D eigenvalue weighted by atomic mass is 9.92. The van der Waals surface area contributed by atoms with Gasteiger partial charge in [-0.05, 0) is 73.2 Å². The summed E-state index contributed by atoms with van der Waals surface area (Å²) in [6, 6.07) is 12.1. The van der Waals surface area contributed by atoms with Crippen LogP contribution in [0.15, 0.2) is 47.4 Å². The van der Waals surface area contributed by atoms with Crippen LogP contribution in [0.1, 0.15) is 24.0 Å². The second-order valence-electron chi connectivity index (χ2n) is 5.37. The molecule has 110 valence electrons. The van der Waals surface area contributed by atoms with Gasteiger partial charge in [0, 0.05) is 11.4 Å². The third kappa shape index (κ3) is 3.03. The Kier molecular flexibility index (Phi) is 3.59. The summed E-state index contributed by atoms with van der Waals surface area (Å²) in [4.78, 5) is 0.319. The van der Waals surface area contributed by atoms with Crippen molar-refractivity contribution in [1.29, 1.82) is 0 Å². The number of fused-ring (bicyclic) bond motifs is 1. The molecule has 0 saturated heterocycles. The Labute approximate surface area is 125 Å². The Morgan fingerprint density at radius 3 is 2.29 bits per heavy atom. The van der Waals surface area contributed by atoms with Gasteiger partial charge in [-0.3, -0.25) is 4.72 Å². The third-order valence-electron chi connectivity index (χ3n) is 3.79. The zero-order chi connectivity index (χ0) is 14.9. The summed E-state index contributed by atoms with van der Waals surface area (Å²) >= 11 is 0. The fourth-order valence-electron chi connectivity index (χ4n) is 2.64. The molecule has 0 heterocycles. The maximum atomic E-state index is 12.4. The predicted molar refractivity (Wildman–Crippen MR) is 84.7 cm³/mol. The second-order valence-corrected chi connectivity index (χ2v) is 7.05. The summed E-state index contributed by atoms with van der Waals surface area (Å²) in [5.74, 6) is 0. The predicted octanol–water partition coefficient (Wildman–Crippen LogP) is 2.95. The highest BCUT2D eigenvalue weighted by molar-refractivity contribution is 7.92. The Balaban J connectivity index is 1.89. The number of hydrogen-bond acceptors (Lipinski definition) is 3. The lowest BCUT2D eigenvalue weighted by Gasteiger charge is -2.17. The Morgan fingerprint density at radius 2 is 1.57 bits per heavy atom. The molecule has 1 aliphatic rings. The highest BCUT2D eigenvalue weighted by Gasteiger charge is 2.17. The highest BCUT2D eigenvalue weighted by Crippen LogP contribution is 2.25. The first-order valence-corrected chi connectivity index (χ1v) is 8.53. The minimum Gasteiger partial charge on any atom is -0.399 e. The van der Waals surface area contributed by atoms with Crippen molar-refractivity contribution in [1.82, 2.24) is 0 Å². The standard InChI is InChI=1S/C16H18N2O2S/c17-14-6-8-15(9-7-14)18-21(19,20)16-10-5-12-3-1-2-4-13(12)11-16/h5-11,18H,1-4,17H2. The number of aryl methyl sites for hydroxylation is 2. The monoisotopic (exact) mass is 302 g/mol. The fraction of sp³-hybridized carbons (Fsp3) is 0.250. The van der Waals surface area contributed by atoms with Crippen molar-refractivity contribution in [2.45, 2.75) is 30.6 Å². The van der Waals surface area contributed by atoms with Crippen molar-refractivity contribution >= 4 is 21.4 Å². The number of hydrogen-bond donors (Lipinski definition) is 2. The van der Waals surface area contributed by atoms with Gasteiger partial charge in [-0.25, -0.2) is 8.42 Å². The molecule has 0 saturated carbocycles. The van der Waals surface area contributed by atoms with Gasteiger partial charge in [0.05, 0.1) is 4.90 Å². The Morgan fingerprint density at radius 1 is 0.905 bits per heavy atom. The molecule has 0 amide bonds. The topological polar surface area (TPSA) is 72.2 Å². The number of nitrogens with two attached hydrogens (primary N) is 1. The largest absolute Gasteiger partial charge is 0.399 e. The quantitative estimate of drug-likeness (QED) is 0.856. The summed E-state index contributed by atoms with van der Waals surface area (Å²) in [7, 11) is -3.55. The first-order valence-electron chi connectivity index (χ1n) is 7.05. The van der Waals surface area contributed by atoms with E-state index in [1.165, 1.54) is 12.0 Å². The molecule has 3 rings (SSSR count). The first kappa shape index (κ1) is 13.9. The molecular formula is C16H18N2O2S. The van der Waals surface area contributed by atoms with Crippen LogP contribution in [0.2, 0.25) is 0 Å². The van der Waals surface area contributed by atoms with E-state index >= 15 is 0 Å². The van der Waals surface area contributed by atoms with Gasteiger partial charge < -0.3 is 5.73 Å². The van der Waals surface area contributed by atoms with Crippen LogP contribution in [0.4, 0.5) is 11.4 Å². The molecule has 1 aliphatic carbocycles. The van der Waals surface area contributed by atoms with E-state index < -0.39 is 10.0 Å². The smallest absolute Gasteiger partial charge is 0.261 e. The molecule has 21 heavy (non-hydrogen) atoms. The normalized spacial score (nSPS) is 14.5. The van der Waals surface area contributed by atoms with Crippen LogP contribution in [0.25, 0.3) is 0 Å². The summed E-state index contributed by atoms with van der Waals surface area (Å²) in [5, 5.41) is 0. The average molecular weight is 302 g/mol. The molecule has 3 N–H and O–H groups in total.